The van der Waals surface area contributed by atoms with Crippen LogP contribution in [-0.2, 0) is 28.6 Å². The predicted octanol–water partition coefficient (Wildman–Crippen LogP) is 22.5. The topological polar surface area (TPSA) is 78.9 Å². The fraction of sp³-hybridized carbons (Fsp3) is 0.786. The third-order valence-corrected chi connectivity index (χ3v) is 14.4. The predicted molar refractivity (Wildman–Crippen MR) is 330 cm³/mol. The van der Waals surface area contributed by atoms with E-state index in [1.165, 1.54) is 199 Å². The average Bonchev–Trinajstić information content (AvgIpc) is 3.42. The van der Waals surface area contributed by atoms with Crippen molar-refractivity contribution in [2.75, 3.05) is 13.2 Å². The molecule has 0 fully saturated rings. The summed E-state index contributed by atoms with van der Waals surface area (Å²) in [5.41, 5.74) is 0. The van der Waals surface area contributed by atoms with Crippen molar-refractivity contribution in [3.05, 3.63) is 72.9 Å². The molecule has 0 rings (SSSR count). The molecule has 0 aliphatic heterocycles. The summed E-state index contributed by atoms with van der Waals surface area (Å²) in [7, 11) is 0. The van der Waals surface area contributed by atoms with Gasteiger partial charge in [0.05, 0.1) is 0 Å². The molecule has 440 valence electrons. The quantitative estimate of drug-likeness (QED) is 0.0261. The Bertz CT molecular complexity index is 1400. The molecule has 0 saturated heterocycles. The number of allylic oxidation sites excluding steroid dienone is 12. The molecule has 0 amide bonds. The second-order valence-corrected chi connectivity index (χ2v) is 22.0. The molecule has 0 aromatic rings. The Morgan fingerprint density at radius 1 is 0.276 bits per heavy atom. The first-order valence-corrected chi connectivity index (χ1v) is 32.9. The number of ether oxygens (including phenoxy) is 3. The van der Waals surface area contributed by atoms with E-state index in [4.69, 9.17) is 14.2 Å². The van der Waals surface area contributed by atoms with Gasteiger partial charge in [-0.15, -0.1) is 0 Å². The molecule has 0 aliphatic carbocycles. The van der Waals surface area contributed by atoms with Gasteiger partial charge in [0.2, 0.25) is 0 Å². The fourth-order valence-electron chi connectivity index (χ4n) is 9.53. The zero-order chi connectivity index (χ0) is 55.0. The molecular weight excluding hydrogens is 937 g/mol. The van der Waals surface area contributed by atoms with E-state index in [-0.39, 0.29) is 31.1 Å². The molecule has 6 heteroatoms. The highest BCUT2D eigenvalue weighted by atomic mass is 16.6. The van der Waals surface area contributed by atoms with E-state index in [0.717, 1.165) is 96.3 Å². The smallest absolute Gasteiger partial charge is 0.306 e. The summed E-state index contributed by atoms with van der Waals surface area (Å²) in [6, 6.07) is 0. The zero-order valence-corrected chi connectivity index (χ0v) is 50.5. The number of rotatable bonds is 60. The van der Waals surface area contributed by atoms with Crippen molar-refractivity contribution in [2.24, 2.45) is 0 Å². The third-order valence-electron chi connectivity index (χ3n) is 14.4. The summed E-state index contributed by atoms with van der Waals surface area (Å²) in [5.74, 6) is -0.868. The van der Waals surface area contributed by atoms with Crippen LogP contribution in [0.2, 0.25) is 0 Å². The van der Waals surface area contributed by atoms with E-state index < -0.39 is 6.10 Å². The lowest BCUT2D eigenvalue weighted by Gasteiger charge is -2.18. The first-order valence-electron chi connectivity index (χ1n) is 32.9. The van der Waals surface area contributed by atoms with Crippen LogP contribution >= 0.6 is 0 Å². The summed E-state index contributed by atoms with van der Waals surface area (Å²) in [6.45, 7) is 6.55. The van der Waals surface area contributed by atoms with Crippen molar-refractivity contribution < 1.29 is 28.6 Å². The minimum absolute atomic E-state index is 0.0754. The van der Waals surface area contributed by atoms with Gasteiger partial charge < -0.3 is 14.2 Å². The molecule has 0 N–H and O–H groups in total. The lowest BCUT2D eigenvalue weighted by Crippen LogP contribution is -2.30. The van der Waals surface area contributed by atoms with Crippen molar-refractivity contribution in [2.45, 2.75) is 341 Å². The number of hydrogen-bond donors (Lipinski definition) is 0. The van der Waals surface area contributed by atoms with Crippen LogP contribution in [0, 0.1) is 0 Å². The highest BCUT2D eigenvalue weighted by Gasteiger charge is 2.19. The molecule has 0 aromatic heterocycles. The number of unbranched alkanes of at least 4 members (excludes halogenated alkanes) is 37. The van der Waals surface area contributed by atoms with Gasteiger partial charge in [-0.2, -0.15) is 0 Å². The summed E-state index contributed by atoms with van der Waals surface area (Å²) in [4.78, 5) is 38.3. The highest BCUT2D eigenvalue weighted by Crippen LogP contribution is 2.17. The average molecular weight is 1060 g/mol. The van der Waals surface area contributed by atoms with Gasteiger partial charge in [-0.05, 0) is 89.9 Å². The van der Waals surface area contributed by atoms with Crippen molar-refractivity contribution >= 4 is 17.9 Å². The Hall–Kier alpha value is -3.15. The van der Waals surface area contributed by atoms with Crippen molar-refractivity contribution in [1.82, 2.24) is 0 Å². The number of carbonyl (C=O) groups excluding carboxylic acids is 3. The van der Waals surface area contributed by atoms with Crippen LogP contribution in [0.5, 0.6) is 0 Å². The van der Waals surface area contributed by atoms with Crippen LogP contribution in [0.4, 0.5) is 0 Å². The summed E-state index contributed by atoms with van der Waals surface area (Å²) >= 11 is 0. The van der Waals surface area contributed by atoms with Gasteiger partial charge in [0.1, 0.15) is 13.2 Å². The Kier molecular flexibility index (Phi) is 61.7. The first-order chi connectivity index (χ1) is 37.5. The molecule has 6 nitrogen and oxygen atoms in total. The zero-order valence-electron chi connectivity index (χ0n) is 50.5. The van der Waals surface area contributed by atoms with Crippen LogP contribution in [-0.4, -0.2) is 37.2 Å². The highest BCUT2D eigenvalue weighted by molar-refractivity contribution is 5.71. The SMILES string of the molecule is CC/C=C\C/C=C\C/C=C\C/C=C\CCCCCCCCCCC(=O)OC(COC(=O)CCCCCCCCCCCCCC)COC(=O)CCCCCCCCCCCCCCC/C=C\C/C=C\CCCCCCC. The Morgan fingerprint density at radius 3 is 0.803 bits per heavy atom. The summed E-state index contributed by atoms with van der Waals surface area (Å²) in [5, 5.41) is 0. The lowest BCUT2D eigenvalue weighted by molar-refractivity contribution is -0.167. The van der Waals surface area contributed by atoms with E-state index in [9.17, 15) is 14.4 Å². The normalized spacial score (nSPS) is 12.5. The minimum atomic E-state index is -0.779. The third kappa shape index (κ3) is 61.7. The number of hydrogen-bond acceptors (Lipinski definition) is 6. The molecule has 0 bridgehead atoms. The molecule has 0 saturated carbocycles. The summed E-state index contributed by atoms with van der Waals surface area (Å²) in [6.07, 6.45) is 83.4. The first kappa shape index (κ1) is 72.8. The summed E-state index contributed by atoms with van der Waals surface area (Å²) < 4.78 is 16.9. The Balaban J connectivity index is 4.28. The largest absolute Gasteiger partial charge is 0.462 e. The molecule has 0 aromatic carbocycles. The van der Waals surface area contributed by atoms with Crippen molar-refractivity contribution in [1.29, 1.82) is 0 Å². The lowest BCUT2D eigenvalue weighted by atomic mass is 10.0. The van der Waals surface area contributed by atoms with Crippen LogP contribution < -0.4 is 0 Å². The van der Waals surface area contributed by atoms with Gasteiger partial charge >= 0.3 is 17.9 Å². The van der Waals surface area contributed by atoms with Crippen LogP contribution in [0.25, 0.3) is 0 Å². The number of carbonyl (C=O) groups is 3. The molecule has 76 heavy (non-hydrogen) atoms. The van der Waals surface area contributed by atoms with E-state index in [2.05, 4.69) is 93.7 Å². The number of esters is 3. The second kappa shape index (κ2) is 64.4. The van der Waals surface area contributed by atoms with E-state index in [1.807, 2.05) is 0 Å². The second-order valence-electron chi connectivity index (χ2n) is 22.0. The van der Waals surface area contributed by atoms with Gasteiger partial charge in [-0.1, -0.05) is 299 Å². The standard InChI is InChI=1S/C70H124O6/c1-4-7-10-13-16-19-22-25-27-29-31-33-34-35-36-38-39-41-43-45-48-51-54-57-60-63-69(72)75-66-67(65-74-68(71)62-59-56-53-50-47-24-21-18-15-12-9-6-3)76-70(73)64-61-58-55-52-49-46-44-42-40-37-32-30-28-26-23-20-17-14-11-8-5-2/h8,11,17,20,22,25-26,28-29,31-32,37,67H,4-7,9-10,12-16,18-19,21,23-24,27,30,33-36,38-66H2,1-3H3/b11-8-,20-17-,25-22-,28-26-,31-29-,37-32-. The van der Waals surface area contributed by atoms with Gasteiger partial charge in [-0.3, -0.25) is 14.4 Å². The Labute approximate surface area is 472 Å². The molecule has 1 unspecified atom stereocenters. The molecule has 0 radical (unpaired) electrons. The maximum absolute atomic E-state index is 12.9. The molecule has 0 heterocycles. The van der Waals surface area contributed by atoms with Gasteiger partial charge in [0, 0.05) is 19.3 Å². The minimum Gasteiger partial charge on any atom is -0.462 e. The van der Waals surface area contributed by atoms with E-state index in [1.54, 1.807) is 0 Å². The fourth-order valence-corrected chi connectivity index (χ4v) is 9.53. The van der Waals surface area contributed by atoms with Crippen LogP contribution in [0.3, 0.4) is 0 Å². The van der Waals surface area contributed by atoms with Gasteiger partial charge in [-0.25, -0.2) is 0 Å². The van der Waals surface area contributed by atoms with Crippen molar-refractivity contribution in [3.63, 3.8) is 0 Å². The molecule has 0 spiro atoms. The maximum Gasteiger partial charge on any atom is 0.306 e. The van der Waals surface area contributed by atoms with Crippen LogP contribution in [0.1, 0.15) is 335 Å². The van der Waals surface area contributed by atoms with Gasteiger partial charge in [0.15, 0.2) is 6.10 Å². The van der Waals surface area contributed by atoms with Gasteiger partial charge in [0.25, 0.3) is 0 Å². The molecule has 0 aliphatic rings. The van der Waals surface area contributed by atoms with E-state index in [0.29, 0.717) is 19.3 Å². The van der Waals surface area contributed by atoms with Crippen molar-refractivity contribution in [3.8, 4) is 0 Å². The molecule has 1 atom stereocenters. The van der Waals surface area contributed by atoms with E-state index >= 15 is 0 Å². The monoisotopic (exact) mass is 1060 g/mol. The molecular formula is C70H124O6. The Morgan fingerprint density at radius 2 is 0.513 bits per heavy atom. The van der Waals surface area contributed by atoms with Crippen LogP contribution in [0.15, 0.2) is 72.9 Å². The maximum atomic E-state index is 12.9.